The molecule has 2 aliphatic rings. The Balaban J connectivity index is 1.63. The predicted molar refractivity (Wildman–Crippen MR) is 95.2 cm³/mol. The molecule has 1 atom stereocenters. The van der Waals surface area contributed by atoms with Gasteiger partial charge in [0.2, 0.25) is 11.8 Å². The van der Waals surface area contributed by atoms with Gasteiger partial charge in [-0.1, -0.05) is 6.07 Å². The summed E-state index contributed by atoms with van der Waals surface area (Å²) in [5, 5.41) is 2.32. The van der Waals surface area contributed by atoms with E-state index < -0.39 is 11.9 Å². The number of amides is 3. The van der Waals surface area contributed by atoms with Crippen LogP contribution in [0.15, 0.2) is 30.5 Å². The molecule has 1 N–H and O–H groups in total. The summed E-state index contributed by atoms with van der Waals surface area (Å²) < 4.78 is 0. The van der Waals surface area contributed by atoms with Crippen molar-refractivity contribution in [1.82, 2.24) is 15.2 Å². The number of nitrogens with one attached hydrogen (secondary N) is 1. The second-order valence-electron chi connectivity index (χ2n) is 6.93. The van der Waals surface area contributed by atoms with Gasteiger partial charge in [0.05, 0.1) is 5.69 Å². The number of hydrogen-bond donors (Lipinski definition) is 1. The summed E-state index contributed by atoms with van der Waals surface area (Å²) in [6, 6.07) is 7.11. The van der Waals surface area contributed by atoms with Crippen molar-refractivity contribution >= 4 is 17.7 Å². The molecule has 1 saturated heterocycles. The molecule has 1 aromatic heterocycles. The summed E-state index contributed by atoms with van der Waals surface area (Å²) in [5.74, 6) is -0.828. The lowest BCUT2D eigenvalue weighted by Crippen LogP contribution is -2.52. The van der Waals surface area contributed by atoms with E-state index >= 15 is 0 Å². The molecule has 0 radical (unpaired) electrons. The standard InChI is InChI=1S/C20H19N3O3/c1-11-7-16(21-9-12(11)2)13-3-4-15-14(8-13)10-23(20(15)26)17-5-6-18(24)22-19(17)25/h3-4,7-9,17H,5-6,10H2,1-2H3,(H,22,24,25). The van der Waals surface area contributed by atoms with E-state index in [9.17, 15) is 14.4 Å². The van der Waals surface area contributed by atoms with Gasteiger partial charge in [0.15, 0.2) is 0 Å². The number of nitrogens with zero attached hydrogens (tertiary/aromatic N) is 2. The smallest absolute Gasteiger partial charge is 0.255 e. The maximum atomic E-state index is 12.7. The summed E-state index contributed by atoms with van der Waals surface area (Å²) in [6.07, 6.45) is 2.48. The Morgan fingerprint density at radius 1 is 1.12 bits per heavy atom. The monoisotopic (exact) mass is 349 g/mol. The topological polar surface area (TPSA) is 79.4 Å². The Morgan fingerprint density at radius 3 is 2.65 bits per heavy atom. The number of pyridine rings is 1. The normalized spacial score (nSPS) is 19.5. The fourth-order valence-corrected chi connectivity index (χ4v) is 3.52. The first kappa shape index (κ1) is 16.4. The van der Waals surface area contributed by atoms with Crippen LogP contribution in [0.2, 0.25) is 0 Å². The highest BCUT2D eigenvalue weighted by Crippen LogP contribution is 2.31. The number of imide groups is 1. The van der Waals surface area contributed by atoms with Crippen molar-refractivity contribution in [1.29, 1.82) is 0 Å². The Bertz CT molecular complexity index is 951. The number of carbonyl (C=O) groups excluding carboxylic acids is 3. The average Bonchev–Trinajstić information content (AvgIpc) is 2.93. The third-order valence-electron chi connectivity index (χ3n) is 5.19. The molecule has 26 heavy (non-hydrogen) atoms. The molecule has 3 amide bonds. The van der Waals surface area contributed by atoms with Gasteiger partial charge in [-0.2, -0.15) is 0 Å². The van der Waals surface area contributed by atoms with Gasteiger partial charge in [0.25, 0.3) is 5.91 Å². The average molecular weight is 349 g/mol. The van der Waals surface area contributed by atoms with E-state index in [1.165, 1.54) is 0 Å². The fraction of sp³-hybridized carbons (Fsp3) is 0.300. The van der Waals surface area contributed by atoms with Gasteiger partial charge in [-0.15, -0.1) is 0 Å². The molecule has 2 aromatic rings. The van der Waals surface area contributed by atoms with Crippen molar-refractivity contribution in [3.63, 3.8) is 0 Å². The molecule has 1 aromatic carbocycles. The largest absolute Gasteiger partial charge is 0.322 e. The number of aryl methyl sites for hydroxylation is 2. The maximum absolute atomic E-state index is 12.7. The summed E-state index contributed by atoms with van der Waals surface area (Å²) >= 11 is 0. The molecule has 4 rings (SSSR count). The highest BCUT2D eigenvalue weighted by atomic mass is 16.2. The van der Waals surface area contributed by atoms with Crippen molar-refractivity contribution in [2.75, 3.05) is 0 Å². The van der Waals surface area contributed by atoms with Crippen LogP contribution in [-0.4, -0.2) is 33.6 Å². The van der Waals surface area contributed by atoms with Crippen LogP contribution in [0.5, 0.6) is 0 Å². The first-order chi connectivity index (χ1) is 12.4. The molecule has 0 bridgehead atoms. The van der Waals surface area contributed by atoms with Gasteiger partial charge < -0.3 is 4.90 Å². The first-order valence-electron chi connectivity index (χ1n) is 8.65. The fourth-order valence-electron chi connectivity index (χ4n) is 3.52. The molecule has 1 fully saturated rings. The third kappa shape index (κ3) is 2.67. The molecule has 1 unspecified atom stereocenters. The zero-order valence-electron chi connectivity index (χ0n) is 14.7. The SMILES string of the molecule is Cc1cnc(-c2ccc3c(c2)CN(C2CCC(=O)NC2=O)C3=O)cc1C. The van der Waals surface area contributed by atoms with Gasteiger partial charge in [-0.3, -0.25) is 24.7 Å². The van der Waals surface area contributed by atoms with Crippen molar-refractivity contribution in [2.45, 2.75) is 39.3 Å². The third-order valence-corrected chi connectivity index (χ3v) is 5.19. The van der Waals surface area contributed by atoms with Gasteiger partial charge in [-0.05, 0) is 55.2 Å². The van der Waals surface area contributed by atoms with Crippen molar-refractivity contribution in [3.8, 4) is 11.3 Å². The minimum absolute atomic E-state index is 0.158. The molecular weight excluding hydrogens is 330 g/mol. The van der Waals surface area contributed by atoms with Crippen LogP contribution in [0.25, 0.3) is 11.3 Å². The van der Waals surface area contributed by atoms with Crippen LogP contribution in [0, 0.1) is 13.8 Å². The summed E-state index contributed by atoms with van der Waals surface area (Å²) in [7, 11) is 0. The van der Waals surface area contributed by atoms with Crippen molar-refractivity contribution < 1.29 is 14.4 Å². The molecule has 132 valence electrons. The summed E-state index contributed by atoms with van der Waals surface area (Å²) in [4.78, 5) is 42.2. The second-order valence-corrected chi connectivity index (χ2v) is 6.93. The zero-order chi connectivity index (χ0) is 18.4. The number of benzene rings is 1. The maximum Gasteiger partial charge on any atom is 0.255 e. The van der Waals surface area contributed by atoms with E-state index in [1.54, 1.807) is 11.0 Å². The number of fused-ring (bicyclic) bond motifs is 1. The van der Waals surface area contributed by atoms with Crippen LogP contribution in [0.3, 0.4) is 0 Å². The molecule has 6 nitrogen and oxygen atoms in total. The van der Waals surface area contributed by atoms with E-state index in [0.717, 1.165) is 27.9 Å². The van der Waals surface area contributed by atoms with Gasteiger partial charge >= 0.3 is 0 Å². The Morgan fingerprint density at radius 2 is 1.92 bits per heavy atom. The molecule has 2 aliphatic heterocycles. The van der Waals surface area contributed by atoms with Crippen LogP contribution >= 0.6 is 0 Å². The Labute approximate surface area is 151 Å². The van der Waals surface area contributed by atoms with Crippen LogP contribution in [0.1, 0.15) is 39.9 Å². The first-order valence-corrected chi connectivity index (χ1v) is 8.65. The number of rotatable bonds is 2. The quantitative estimate of drug-likeness (QED) is 0.843. The highest BCUT2D eigenvalue weighted by Gasteiger charge is 2.39. The van der Waals surface area contributed by atoms with E-state index in [2.05, 4.69) is 10.3 Å². The van der Waals surface area contributed by atoms with Crippen LogP contribution in [-0.2, 0) is 16.1 Å². The van der Waals surface area contributed by atoms with Crippen LogP contribution < -0.4 is 5.32 Å². The molecule has 0 saturated carbocycles. The minimum Gasteiger partial charge on any atom is -0.322 e. The number of aromatic nitrogens is 1. The molecular formula is C20H19N3O3. The van der Waals surface area contributed by atoms with E-state index in [4.69, 9.17) is 0 Å². The summed E-state index contributed by atoms with van der Waals surface area (Å²) in [5.41, 5.74) is 5.61. The van der Waals surface area contributed by atoms with Crippen LogP contribution in [0.4, 0.5) is 0 Å². The van der Waals surface area contributed by atoms with Gasteiger partial charge in [-0.25, -0.2) is 0 Å². The van der Waals surface area contributed by atoms with E-state index in [-0.39, 0.29) is 18.2 Å². The van der Waals surface area contributed by atoms with Crippen molar-refractivity contribution in [3.05, 3.63) is 52.7 Å². The molecule has 0 aliphatic carbocycles. The van der Waals surface area contributed by atoms with Gasteiger partial charge in [0.1, 0.15) is 6.04 Å². The van der Waals surface area contributed by atoms with Gasteiger partial charge in [0, 0.05) is 30.3 Å². The second kappa shape index (κ2) is 6.05. The summed E-state index contributed by atoms with van der Waals surface area (Å²) in [6.45, 7) is 4.44. The highest BCUT2D eigenvalue weighted by molar-refractivity contribution is 6.05. The molecule has 3 heterocycles. The molecule has 0 spiro atoms. The van der Waals surface area contributed by atoms with E-state index in [1.807, 2.05) is 38.2 Å². The molecule has 6 heteroatoms. The Kier molecular flexibility index (Phi) is 3.83. The predicted octanol–water partition coefficient (Wildman–Crippen LogP) is 2.13. The number of carbonyl (C=O) groups is 3. The van der Waals surface area contributed by atoms with E-state index in [0.29, 0.717) is 18.5 Å². The minimum atomic E-state index is -0.587. The number of piperidine rings is 1. The lowest BCUT2D eigenvalue weighted by molar-refractivity contribution is -0.136. The van der Waals surface area contributed by atoms with Crippen molar-refractivity contribution in [2.24, 2.45) is 0 Å². The zero-order valence-corrected chi connectivity index (χ0v) is 14.7. The number of hydrogen-bond acceptors (Lipinski definition) is 4. The lowest BCUT2D eigenvalue weighted by atomic mass is 10.0. The lowest BCUT2D eigenvalue weighted by Gasteiger charge is -2.29. The Hall–Kier alpha value is -3.02.